The SMILES string of the molecule is CCCOC(=O)c1cccc(N2C(=O)C(Cl)=C(Nc3ccc(C(=O)Nc4ccc(OCC)cc4)cc3)C2=O)c1. The third kappa shape index (κ3) is 6.27. The molecule has 0 saturated heterocycles. The van der Waals surface area contributed by atoms with E-state index in [1.165, 1.54) is 18.2 Å². The lowest BCUT2D eigenvalue weighted by Gasteiger charge is -2.16. The quantitative estimate of drug-likeness (QED) is 0.260. The summed E-state index contributed by atoms with van der Waals surface area (Å²) >= 11 is 6.23. The normalized spacial score (nSPS) is 12.9. The smallest absolute Gasteiger partial charge is 0.338 e. The van der Waals surface area contributed by atoms with Gasteiger partial charge >= 0.3 is 5.97 Å². The molecule has 0 radical (unpaired) electrons. The summed E-state index contributed by atoms with van der Waals surface area (Å²) < 4.78 is 10.5. The van der Waals surface area contributed by atoms with E-state index in [0.29, 0.717) is 35.7 Å². The highest BCUT2D eigenvalue weighted by atomic mass is 35.5. The van der Waals surface area contributed by atoms with E-state index in [4.69, 9.17) is 21.1 Å². The summed E-state index contributed by atoms with van der Waals surface area (Å²) in [5.41, 5.74) is 1.72. The van der Waals surface area contributed by atoms with Crippen molar-refractivity contribution in [3.63, 3.8) is 0 Å². The number of carbonyl (C=O) groups excluding carboxylic acids is 4. The summed E-state index contributed by atoms with van der Waals surface area (Å²) in [5, 5.41) is 5.38. The van der Waals surface area contributed by atoms with E-state index in [9.17, 15) is 19.2 Å². The molecule has 0 atom stereocenters. The second kappa shape index (κ2) is 12.3. The zero-order valence-electron chi connectivity index (χ0n) is 21.3. The van der Waals surface area contributed by atoms with Gasteiger partial charge in [0.05, 0.1) is 24.5 Å². The fraction of sp³-hybridized carbons (Fsp3) is 0.172. The van der Waals surface area contributed by atoms with Gasteiger partial charge in [0.2, 0.25) is 0 Å². The lowest BCUT2D eigenvalue weighted by molar-refractivity contribution is -0.120. The molecule has 0 aromatic heterocycles. The van der Waals surface area contributed by atoms with Crippen molar-refractivity contribution in [3.8, 4) is 5.75 Å². The minimum atomic E-state index is -0.727. The molecule has 1 heterocycles. The van der Waals surface area contributed by atoms with Gasteiger partial charge in [-0.3, -0.25) is 14.4 Å². The summed E-state index contributed by atoms with van der Waals surface area (Å²) in [6, 6.07) is 19.4. The number of benzene rings is 3. The van der Waals surface area contributed by atoms with Crippen LogP contribution in [0.2, 0.25) is 0 Å². The predicted octanol–water partition coefficient (Wildman–Crippen LogP) is 5.34. The molecule has 3 amide bonds. The standard InChI is InChI=1S/C29H26ClN3O6/c1-3-16-39-29(37)19-6-5-7-22(17-19)33-27(35)24(30)25(28(33)36)31-20-10-8-18(9-11-20)26(34)32-21-12-14-23(15-13-21)38-4-2/h5-15,17,31H,3-4,16H2,1-2H3,(H,32,34). The van der Waals surface area contributed by atoms with Crippen LogP contribution in [0.25, 0.3) is 0 Å². The molecule has 200 valence electrons. The minimum absolute atomic E-state index is 0.118. The van der Waals surface area contributed by atoms with Crippen LogP contribution >= 0.6 is 11.6 Å². The zero-order valence-corrected chi connectivity index (χ0v) is 22.1. The first-order valence-corrected chi connectivity index (χ1v) is 12.7. The second-order valence-corrected chi connectivity index (χ2v) is 8.81. The van der Waals surface area contributed by atoms with Crippen LogP contribution < -0.4 is 20.3 Å². The largest absolute Gasteiger partial charge is 0.494 e. The summed E-state index contributed by atoms with van der Waals surface area (Å²) in [7, 11) is 0. The van der Waals surface area contributed by atoms with E-state index in [-0.39, 0.29) is 34.5 Å². The van der Waals surface area contributed by atoms with E-state index in [1.807, 2.05) is 13.8 Å². The van der Waals surface area contributed by atoms with Gasteiger partial charge in [-0.15, -0.1) is 0 Å². The molecule has 0 bridgehead atoms. The van der Waals surface area contributed by atoms with Gasteiger partial charge in [0, 0.05) is 16.9 Å². The Balaban J connectivity index is 1.43. The van der Waals surface area contributed by atoms with Crippen molar-refractivity contribution in [1.82, 2.24) is 0 Å². The number of carbonyl (C=O) groups is 4. The Morgan fingerprint density at radius 2 is 1.56 bits per heavy atom. The Bertz CT molecular complexity index is 1430. The van der Waals surface area contributed by atoms with E-state index in [2.05, 4.69) is 10.6 Å². The Morgan fingerprint density at radius 3 is 2.23 bits per heavy atom. The topological polar surface area (TPSA) is 114 Å². The third-order valence-electron chi connectivity index (χ3n) is 5.64. The lowest BCUT2D eigenvalue weighted by Crippen LogP contribution is -2.32. The van der Waals surface area contributed by atoms with Crippen LogP contribution in [0.15, 0.2) is 83.5 Å². The molecule has 3 aromatic carbocycles. The maximum atomic E-state index is 13.1. The number of imide groups is 1. The van der Waals surface area contributed by atoms with Crippen LogP contribution in [0, 0.1) is 0 Å². The minimum Gasteiger partial charge on any atom is -0.494 e. The lowest BCUT2D eigenvalue weighted by atomic mass is 10.1. The van der Waals surface area contributed by atoms with Crippen LogP contribution in [-0.2, 0) is 14.3 Å². The number of nitrogens with zero attached hydrogens (tertiary/aromatic N) is 1. The Labute approximate surface area is 230 Å². The molecule has 2 N–H and O–H groups in total. The van der Waals surface area contributed by atoms with Crippen LogP contribution in [0.5, 0.6) is 5.75 Å². The summed E-state index contributed by atoms with van der Waals surface area (Å²) in [6.45, 7) is 4.57. The number of hydrogen-bond acceptors (Lipinski definition) is 7. The third-order valence-corrected chi connectivity index (χ3v) is 5.99. The highest BCUT2D eigenvalue weighted by Gasteiger charge is 2.39. The number of esters is 1. The summed E-state index contributed by atoms with van der Waals surface area (Å²) in [5.74, 6) is -1.57. The van der Waals surface area contributed by atoms with Gasteiger partial charge in [0.25, 0.3) is 17.7 Å². The Kier molecular flexibility index (Phi) is 8.63. The first kappa shape index (κ1) is 27.4. The van der Waals surface area contributed by atoms with Gasteiger partial charge in [-0.1, -0.05) is 24.6 Å². The van der Waals surface area contributed by atoms with Crippen LogP contribution in [0.4, 0.5) is 17.1 Å². The van der Waals surface area contributed by atoms with Crippen molar-refractivity contribution in [3.05, 3.63) is 94.7 Å². The first-order chi connectivity index (χ1) is 18.8. The summed E-state index contributed by atoms with van der Waals surface area (Å²) in [6.07, 6.45) is 0.664. The van der Waals surface area contributed by atoms with Gasteiger partial charge < -0.3 is 20.1 Å². The molecular formula is C29H26ClN3O6. The second-order valence-electron chi connectivity index (χ2n) is 8.43. The van der Waals surface area contributed by atoms with Crippen LogP contribution in [0.1, 0.15) is 41.0 Å². The van der Waals surface area contributed by atoms with Crippen molar-refractivity contribution in [2.75, 3.05) is 28.7 Å². The Hall–Kier alpha value is -4.63. The first-order valence-electron chi connectivity index (χ1n) is 12.3. The van der Waals surface area contributed by atoms with Crippen LogP contribution in [-0.4, -0.2) is 36.9 Å². The number of rotatable bonds is 10. The molecule has 10 heteroatoms. The molecule has 1 aliphatic rings. The molecule has 0 fully saturated rings. The number of nitrogens with one attached hydrogen (secondary N) is 2. The molecule has 0 spiro atoms. The zero-order chi connectivity index (χ0) is 27.9. The van der Waals surface area contributed by atoms with E-state index < -0.39 is 17.8 Å². The molecule has 0 saturated carbocycles. The molecule has 39 heavy (non-hydrogen) atoms. The predicted molar refractivity (Wildman–Crippen MR) is 148 cm³/mol. The highest BCUT2D eigenvalue weighted by molar-refractivity contribution is 6.53. The van der Waals surface area contributed by atoms with Gasteiger partial charge in [-0.05, 0) is 80.1 Å². The average Bonchev–Trinajstić information content (AvgIpc) is 3.16. The van der Waals surface area contributed by atoms with Crippen molar-refractivity contribution in [1.29, 1.82) is 0 Å². The average molecular weight is 548 g/mol. The van der Waals surface area contributed by atoms with Gasteiger partial charge in [-0.2, -0.15) is 0 Å². The number of ether oxygens (including phenoxy) is 2. The molecule has 4 rings (SSSR count). The van der Waals surface area contributed by atoms with E-state index >= 15 is 0 Å². The molecule has 3 aromatic rings. The molecule has 0 aliphatic carbocycles. The fourth-order valence-electron chi connectivity index (χ4n) is 3.75. The van der Waals surface area contributed by atoms with Gasteiger partial charge in [0.15, 0.2) is 0 Å². The maximum Gasteiger partial charge on any atom is 0.338 e. The van der Waals surface area contributed by atoms with Crippen molar-refractivity contribution >= 4 is 52.4 Å². The molecule has 0 unspecified atom stereocenters. The Morgan fingerprint density at radius 1 is 0.872 bits per heavy atom. The van der Waals surface area contributed by atoms with Gasteiger partial charge in [-0.25, -0.2) is 9.69 Å². The maximum absolute atomic E-state index is 13.1. The van der Waals surface area contributed by atoms with E-state index in [1.54, 1.807) is 54.6 Å². The number of amides is 3. The fourth-order valence-corrected chi connectivity index (χ4v) is 3.96. The molecular weight excluding hydrogens is 522 g/mol. The monoisotopic (exact) mass is 547 g/mol. The number of hydrogen-bond donors (Lipinski definition) is 2. The number of halogens is 1. The highest BCUT2D eigenvalue weighted by Crippen LogP contribution is 2.31. The molecule has 1 aliphatic heterocycles. The summed E-state index contributed by atoms with van der Waals surface area (Å²) in [4.78, 5) is 51.7. The van der Waals surface area contributed by atoms with Gasteiger partial charge in [0.1, 0.15) is 16.5 Å². The van der Waals surface area contributed by atoms with Crippen molar-refractivity contribution in [2.24, 2.45) is 0 Å². The number of anilines is 3. The van der Waals surface area contributed by atoms with Crippen molar-refractivity contribution < 1.29 is 28.7 Å². The van der Waals surface area contributed by atoms with E-state index in [0.717, 1.165) is 4.90 Å². The molecule has 9 nitrogen and oxygen atoms in total. The van der Waals surface area contributed by atoms with Crippen LogP contribution in [0.3, 0.4) is 0 Å². The van der Waals surface area contributed by atoms with Crippen molar-refractivity contribution in [2.45, 2.75) is 20.3 Å².